The summed E-state index contributed by atoms with van der Waals surface area (Å²) in [5.41, 5.74) is 1.18. The second-order valence-electron chi connectivity index (χ2n) is 7.58. The lowest BCUT2D eigenvalue weighted by Crippen LogP contribution is -2.47. The lowest BCUT2D eigenvalue weighted by molar-refractivity contribution is -0.122. The van der Waals surface area contributed by atoms with Crippen molar-refractivity contribution in [2.24, 2.45) is 0 Å². The van der Waals surface area contributed by atoms with Crippen LogP contribution in [0, 0.1) is 5.82 Å². The molecular weight excluding hydrogens is 371 g/mol. The van der Waals surface area contributed by atoms with E-state index < -0.39 is 0 Å². The molecule has 1 aliphatic rings. The number of carbonyl (C=O) groups is 1. The number of likely N-dealkylation sites (N-methyl/N-ethyl adjacent to an activating group) is 1. The van der Waals surface area contributed by atoms with Crippen molar-refractivity contribution in [2.75, 3.05) is 46.5 Å². The van der Waals surface area contributed by atoms with Crippen molar-refractivity contribution in [1.29, 1.82) is 0 Å². The van der Waals surface area contributed by atoms with Gasteiger partial charge in [-0.1, -0.05) is 36.4 Å². The molecule has 0 radical (unpaired) electrons. The van der Waals surface area contributed by atoms with Crippen LogP contribution in [-0.4, -0.2) is 57.3 Å². The highest BCUT2D eigenvalue weighted by Crippen LogP contribution is 2.34. The lowest BCUT2D eigenvalue weighted by atomic mass is 9.74. The van der Waals surface area contributed by atoms with Gasteiger partial charge in [-0.05, 0) is 37.6 Å². The molecule has 0 atom stereocenters. The van der Waals surface area contributed by atoms with Gasteiger partial charge in [0.05, 0.1) is 6.54 Å². The molecule has 1 saturated heterocycles. The minimum atomic E-state index is -0.323. The molecule has 0 aromatic heterocycles. The molecule has 0 unspecified atom stereocenters. The Morgan fingerprint density at radius 1 is 1.17 bits per heavy atom. The first-order chi connectivity index (χ1) is 14.1. The monoisotopic (exact) mass is 400 g/mol. The predicted molar refractivity (Wildman–Crippen MR) is 111 cm³/mol. The van der Waals surface area contributed by atoms with Crippen LogP contribution in [-0.2, 0) is 14.9 Å². The van der Waals surface area contributed by atoms with E-state index in [9.17, 15) is 9.18 Å². The second kappa shape index (κ2) is 10.4. The molecule has 1 N–H and O–H groups in total. The van der Waals surface area contributed by atoms with Gasteiger partial charge in [0.2, 0.25) is 5.91 Å². The zero-order chi connectivity index (χ0) is 20.5. The van der Waals surface area contributed by atoms with E-state index in [2.05, 4.69) is 17.4 Å². The van der Waals surface area contributed by atoms with E-state index in [1.54, 1.807) is 12.1 Å². The number of amides is 1. The number of nitrogens with one attached hydrogen (secondary N) is 1. The summed E-state index contributed by atoms with van der Waals surface area (Å²) in [6.07, 6.45) is 1.79. The van der Waals surface area contributed by atoms with Gasteiger partial charge in [-0.2, -0.15) is 0 Å². The van der Waals surface area contributed by atoms with E-state index in [-0.39, 0.29) is 23.7 Å². The molecule has 3 rings (SSSR count). The van der Waals surface area contributed by atoms with Gasteiger partial charge in [0, 0.05) is 37.8 Å². The van der Waals surface area contributed by atoms with Gasteiger partial charge >= 0.3 is 0 Å². The van der Waals surface area contributed by atoms with E-state index in [4.69, 9.17) is 9.47 Å². The zero-order valence-electron chi connectivity index (χ0n) is 16.9. The second-order valence-corrected chi connectivity index (χ2v) is 7.58. The van der Waals surface area contributed by atoms with Crippen molar-refractivity contribution in [3.63, 3.8) is 0 Å². The number of benzene rings is 2. The van der Waals surface area contributed by atoms with Crippen molar-refractivity contribution >= 4 is 5.91 Å². The summed E-state index contributed by atoms with van der Waals surface area (Å²) in [6, 6.07) is 16.4. The Balaban J connectivity index is 1.45. The molecule has 1 heterocycles. The van der Waals surface area contributed by atoms with Crippen molar-refractivity contribution in [3.8, 4) is 5.75 Å². The molecule has 1 aliphatic heterocycles. The average molecular weight is 400 g/mol. The third kappa shape index (κ3) is 6.27. The first-order valence-corrected chi connectivity index (χ1v) is 10.0. The highest BCUT2D eigenvalue weighted by molar-refractivity contribution is 5.78. The molecule has 2 aromatic carbocycles. The fourth-order valence-electron chi connectivity index (χ4n) is 3.65. The van der Waals surface area contributed by atoms with Crippen LogP contribution in [0.5, 0.6) is 5.75 Å². The van der Waals surface area contributed by atoms with Crippen molar-refractivity contribution in [3.05, 3.63) is 66.0 Å². The standard InChI is InChI=1S/C23H29FN2O3/c1-26(12-15-29-21-9-5-8-20(24)16-21)17-22(27)25-18-23(10-13-28-14-11-23)19-6-3-2-4-7-19/h2-9,16H,10-15,17-18H2,1H3,(H,25,27). The van der Waals surface area contributed by atoms with E-state index in [0.717, 1.165) is 12.8 Å². The highest BCUT2D eigenvalue weighted by Gasteiger charge is 2.34. The van der Waals surface area contributed by atoms with Crippen LogP contribution in [0.1, 0.15) is 18.4 Å². The van der Waals surface area contributed by atoms with E-state index >= 15 is 0 Å². The van der Waals surface area contributed by atoms with Gasteiger partial charge in [0.25, 0.3) is 0 Å². The highest BCUT2D eigenvalue weighted by atomic mass is 19.1. The molecule has 6 heteroatoms. The van der Waals surface area contributed by atoms with Crippen LogP contribution < -0.4 is 10.1 Å². The summed E-state index contributed by atoms with van der Waals surface area (Å²) in [4.78, 5) is 14.4. The maximum atomic E-state index is 13.2. The Hall–Kier alpha value is -2.44. The van der Waals surface area contributed by atoms with Crippen LogP contribution in [0.15, 0.2) is 54.6 Å². The number of rotatable bonds is 9. The van der Waals surface area contributed by atoms with Crippen LogP contribution in [0.3, 0.4) is 0 Å². The molecule has 29 heavy (non-hydrogen) atoms. The molecule has 1 fully saturated rings. The van der Waals surface area contributed by atoms with Gasteiger partial charge in [-0.25, -0.2) is 4.39 Å². The van der Waals surface area contributed by atoms with E-state index in [1.165, 1.54) is 17.7 Å². The number of carbonyl (C=O) groups excluding carboxylic acids is 1. The van der Waals surface area contributed by atoms with Crippen molar-refractivity contribution in [2.45, 2.75) is 18.3 Å². The van der Waals surface area contributed by atoms with E-state index in [0.29, 0.717) is 38.7 Å². The summed E-state index contributed by atoms with van der Waals surface area (Å²) >= 11 is 0. The van der Waals surface area contributed by atoms with Gasteiger partial charge < -0.3 is 14.8 Å². The van der Waals surface area contributed by atoms with Crippen LogP contribution in [0.4, 0.5) is 4.39 Å². The molecule has 0 bridgehead atoms. The summed E-state index contributed by atoms with van der Waals surface area (Å²) in [7, 11) is 1.87. The Morgan fingerprint density at radius 3 is 2.66 bits per heavy atom. The molecule has 5 nitrogen and oxygen atoms in total. The normalized spacial score (nSPS) is 15.8. The fourth-order valence-corrected chi connectivity index (χ4v) is 3.65. The molecule has 0 saturated carbocycles. The molecular formula is C23H29FN2O3. The van der Waals surface area contributed by atoms with E-state index in [1.807, 2.05) is 30.1 Å². The third-order valence-electron chi connectivity index (χ3n) is 5.41. The Labute approximate surface area is 171 Å². The van der Waals surface area contributed by atoms with Crippen molar-refractivity contribution < 1.29 is 18.7 Å². The Bertz CT molecular complexity index is 779. The maximum absolute atomic E-state index is 13.2. The van der Waals surface area contributed by atoms with Gasteiger partial charge in [-0.15, -0.1) is 0 Å². The van der Waals surface area contributed by atoms with Gasteiger partial charge in [-0.3, -0.25) is 9.69 Å². The molecule has 1 amide bonds. The van der Waals surface area contributed by atoms with Crippen LogP contribution >= 0.6 is 0 Å². The Kier molecular flexibility index (Phi) is 7.61. The fraction of sp³-hybridized carbons (Fsp3) is 0.435. The summed E-state index contributed by atoms with van der Waals surface area (Å²) in [5.74, 6) is 0.155. The summed E-state index contributed by atoms with van der Waals surface area (Å²) in [5, 5.41) is 3.11. The minimum Gasteiger partial charge on any atom is -0.492 e. The third-order valence-corrected chi connectivity index (χ3v) is 5.41. The predicted octanol–water partition coefficient (Wildman–Crippen LogP) is 3.00. The van der Waals surface area contributed by atoms with Crippen LogP contribution in [0.25, 0.3) is 0 Å². The smallest absolute Gasteiger partial charge is 0.234 e. The van der Waals surface area contributed by atoms with Crippen LogP contribution in [0.2, 0.25) is 0 Å². The average Bonchev–Trinajstić information content (AvgIpc) is 2.74. The number of halogens is 1. The number of hydrogen-bond acceptors (Lipinski definition) is 4. The largest absolute Gasteiger partial charge is 0.492 e. The zero-order valence-corrected chi connectivity index (χ0v) is 16.9. The summed E-state index contributed by atoms with van der Waals surface area (Å²) in [6.45, 7) is 3.27. The van der Waals surface area contributed by atoms with Gasteiger partial charge in [0.15, 0.2) is 0 Å². The first-order valence-electron chi connectivity index (χ1n) is 10.0. The maximum Gasteiger partial charge on any atom is 0.234 e. The summed E-state index contributed by atoms with van der Waals surface area (Å²) < 4.78 is 24.3. The number of hydrogen-bond donors (Lipinski definition) is 1. The Morgan fingerprint density at radius 2 is 1.93 bits per heavy atom. The number of nitrogens with zero attached hydrogens (tertiary/aromatic N) is 1. The molecule has 0 aliphatic carbocycles. The lowest BCUT2D eigenvalue weighted by Gasteiger charge is -2.38. The molecule has 0 spiro atoms. The minimum absolute atomic E-state index is 0.0138. The SMILES string of the molecule is CN(CCOc1cccc(F)c1)CC(=O)NCC1(c2ccccc2)CCOCC1. The van der Waals surface area contributed by atoms with Gasteiger partial charge in [0.1, 0.15) is 18.2 Å². The quantitative estimate of drug-likeness (QED) is 0.703. The number of ether oxygens (including phenoxy) is 2. The molecule has 2 aromatic rings. The molecule has 156 valence electrons. The topological polar surface area (TPSA) is 50.8 Å². The van der Waals surface area contributed by atoms with Crippen molar-refractivity contribution in [1.82, 2.24) is 10.2 Å². The first kappa shape index (κ1) is 21.3.